The summed E-state index contributed by atoms with van der Waals surface area (Å²) in [6, 6.07) is 51.5. The summed E-state index contributed by atoms with van der Waals surface area (Å²) in [6.07, 6.45) is 11.1. The van der Waals surface area contributed by atoms with Gasteiger partial charge in [0.25, 0.3) is 0 Å². The molecule has 2 heterocycles. The summed E-state index contributed by atoms with van der Waals surface area (Å²) in [6.45, 7) is 9.02. The number of ether oxygens (including phenoxy) is 1. The van der Waals surface area contributed by atoms with Gasteiger partial charge in [0.1, 0.15) is 23.1 Å². The molecule has 4 N–H and O–H groups in total. The molecule has 0 aliphatic rings. The van der Waals surface area contributed by atoms with E-state index in [0.29, 0.717) is 24.3 Å². The first-order valence-electron chi connectivity index (χ1n) is 20.8. The minimum atomic E-state index is 0.494. The van der Waals surface area contributed by atoms with Crippen molar-refractivity contribution in [1.82, 2.24) is 19.9 Å². The fourth-order valence-corrected chi connectivity index (χ4v) is 6.89. The van der Waals surface area contributed by atoms with Gasteiger partial charge < -0.3 is 26.0 Å². The lowest BCUT2D eigenvalue weighted by atomic mass is 10.1. The predicted molar refractivity (Wildman–Crippen MR) is 263 cm³/mol. The lowest BCUT2D eigenvalue weighted by Gasteiger charge is -2.14. The van der Waals surface area contributed by atoms with Crippen LogP contribution in [0.25, 0.3) is 21.8 Å². The Morgan fingerprint density at radius 3 is 1.48 bits per heavy atom. The van der Waals surface area contributed by atoms with Gasteiger partial charge in [-0.2, -0.15) is 9.97 Å². The highest BCUT2D eigenvalue weighted by atomic mass is 16.5. The van der Waals surface area contributed by atoms with Crippen molar-refractivity contribution in [1.29, 1.82) is 0 Å². The standard InChI is InChI=1S/C30H24N4O.C25H22N4/c1-4-22-9-8-10-24(19-22)31-29-27-17-20(2)21(3)18-28(27)33-30(34-29)32-23-13-15-26(16-14-23)35-25-11-6-5-7-12-25;1-4-19-11-8-12-21(15-19)27-24-22-13-17(2)18(3)14-23(22)28-25(29-24)26-16-20-9-6-5-7-10-20/h1,5-19H,2-3H3,(H2,31,32,33,34);1,5-15H,16H2,2-3H3,(H2,26,27,28,29). The van der Waals surface area contributed by atoms with Crippen molar-refractivity contribution in [2.45, 2.75) is 34.2 Å². The maximum absolute atomic E-state index is 5.89. The zero-order valence-electron chi connectivity index (χ0n) is 36.1. The van der Waals surface area contributed by atoms with Gasteiger partial charge in [0.15, 0.2) is 0 Å². The van der Waals surface area contributed by atoms with E-state index in [1.807, 2.05) is 121 Å². The third-order valence-electron chi connectivity index (χ3n) is 10.6. The molecule has 312 valence electrons. The van der Waals surface area contributed by atoms with E-state index in [2.05, 4.69) is 97.2 Å². The Hall–Kier alpha value is -8.66. The van der Waals surface area contributed by atoms with Crippen molar-refractivity contribution in [2.75, 3.05) is 21.3 Å². The fraction of sp³-hybridized carbons (Fsp3) is 0.0909. The van der Waals surface area contributed by atoms with Crippen LogP contribution in [0, 0.1) is 52.4 Å². The first-order valence-corrected chi connectivity index (χ1v) is 20.8. The van der Waals surface area contributed by atoms with E-state index in [4.69, 9.17) is 37.5 Å². The molecule has 0 aliphatic carbocycles. The number of para-hydroxylation sites is 1. The molecule has 0 spiro atoms. The van der Waals surface area contributed by atoms with E-state index in [0.717, 1.165) is 67.3 Å². The van der Waals surface area contributed by atoms with Crippen molar-refractivity contribution in [3.63, 3.8) is 0 Å². The number of rotatable bonds is 11. The number of aromatic nitrogens is 4. The van der Waals surface area contributed by atoms with Crippen molar-refractivity contribution in [3.05, 3.63) is 197 Å². The summed E-state index contributed by atoms with van der Waals surface area (Å²) < 4.78 is 5.89. The number of nitrogens with one attached hydrogen (secondary N) is 4. The summed E-state index contributed by atoms with van der Waals surface area (Å²) in [5.41, 5.74) is 11.9. The van der Waals surface area contributed by atoms with E-state index in [-0.39, 0.29) is 0 Å². The molecular formula is C55H46N8O. The van der Waals surface area contributed by atoms with Crippen LogP contribution in [-0.2, 0) is 6.54 Å². The molecule has 9 nitrogen and oxygen atoms in total. The highest BCUT2D eigenvalue weighted by Crippen LogP contribution is 2.31. The molecule has 0 bridgehead atoms. The highest BCUT2D eigenvalue weighted by molar-refractivity contribution is 5.94. The molecule has 9 heteroatoms. The molecule has 0 atom stereocenters. The Balaban J connectivity index is 0.000000178. The van der Waals surface area contributed by atoms with E-state index in [1.54, 1.807) is 0 Å². The summed E-state index contributed by atoms with van der Waals surface area (Å²) >= 11 is 0. The Bertz CT molecular complexity index is 3170. The van der Waals surface area contributed by atoms with Crippen LogP contribution in [0.2, 0.25) is 0 Å². The van der Waals surface area contributed by atoms with Gasteiger partial charge in [-0.15, -0.1) is 12.8 Å². The molecule has 0 saturated carbocycles. The van der Waals surface area contributed by atoms with Gasteiger partial charge >= 0.3 is 0 Å². The van der Waals surface area contributed by atoms with Crippen molar-refractivity contribution >= 4 is 62.4 Å². The van der Waals surface area contributed by atoms with Crippen molar-refractivity contribution in [2.24, 2.45) is 0 Å². The Labute approximate surface area is 374 Å². The van der Waals surface area contributed by atoms with Crippen LogP contribution >= 0.6 is 0 Å². The number of nitrogens with zero attached hydrogens (tertiary/aromatic N) is 4. The first-order chi connectivity index (χ1) is 31.2. The molecule has 64 heavy (non-hydrogen) atoms. The number of anilines is 7. The molecule has 0 amide bonds. The quantitative estimate of drug-likeness (QED) is 0.0947. The monoisotopic (exact) mass is 834 g/mol. The molecule has 7 aromatic carbocycles. The second-order valence-corrected chi connectivity index (χ2v) is 15.3. The van der Waals surface area contributed by atoms with Crippen LogP contribution in [0.4, 0.5) is 40.6 Å². The molecule has 9 rings (SSSR count). The van der Waals surface area contributed by atoms with Gasteiger partial charge in [0.2, 0.25) is 11.9 Å². The third kappa shape index (κ3) is 10.4. The maximum Gasteiger partial charge on any atom is 0.229 e. The van der Waals surface area contributed by atoms with Gasteiger partial charge in [-0.05, 0) is 153 Å². The highest BCUT2D eigenvalue weighted by Gasteiger charge is 2.13. The van der Waals surface area contributed by atoms with E-state index in [1.165, 1.54) is 27.8 Å². The van der Waals surface area contributed by atoms with Gasteiger partial charge in [-0.3, -0.25) is 0 Å². The van der Waals surface area contributed by atoms with Gasteiger partial charge in [-0.1, -0.05) is 72.5 Å². The van der Waals surface area contributed by atoms with Crippen LogP contribution in [-0.4, -0.2) is 19.9 Å². The predicted octanol–water partition coefficient (Wildman–Crippen LogP) is 13.1. The normalized spacial score (nSPS) is 10.5. The number of benzene rings is 7. The smallest absolute Gasteiger partial charge is 0.229 e. The largest absolute Gasteiger partial charge is 0.457 e. The maximum atomic E-state index is 5.89. The molecule has 9 aromatic rings. The van der Waals surface area contributed by atoms with Crippen LogP contribution in [0.15, 0.2) is 158 Å². The third-order valence-corrected chi connectivity index (χ3v) is 10.6. The lowest BCUT2D eigenvalue weighted by Crippen LogP contribution is -2.06. The Morgan fingerprint density at radius 2 is 0.938 bits per heavy atom. The van der Waals surface area contributed by atoms with Crippen LogP contribution in [0.3, 0.4) is 0 Å². The minimum Gasteiger partial charge on any atom is -0.457 e. The van der Waals surface area contributed by atoms with Gasteiger partial charge in [-0.25, -0.2) is 9.97 Å². The number of fused-ring (bicyclic) bond motifs is 2. The van der Waals surface area contributed by atoms with Crippen LogP contribution in [0.1, 0.15) is 38.9 Å². The minimum absolute atomic E-state index is 0.494. The van der Waals surface area contributed by atoms with E-state index in [9.17, 15) is 0 Å². The molecule has 0 saturated heterocycles. The number of hydrogen-bond acceptors (Lipinski definition) is 9. The van der Waals surface area contributed by atoms with E-state index < -0.39 is 0 Å². The van der Waals surface area contributed by atoms with Gasteiger partial charge in [0.05, 0.1) is 11.0 Å². The van der Waals surface area contributed by atoms with Crippen molar-refractivity contribution in [3.8, 4) is 36.2 Å². The summed E-state index contributed by atoms with van der Waals surface area (Å²) in [5.74, 6) is 9.43. The van der Waals surface area contributed by atoms with Gasteiger partial charge in [0, 0.05) is 45.5 Å². The first kappa shape index (κ1) is 42.0. The molecule has 0 fully saturated rings. The number of aryl methyl sites for hydroxylation is 4. The fourth-order valence-electron chi connectivity index (χ4n) is 6.89. The number of hydrogen-bond donors (Lipinski definition) is 4. The SMILES string of the molecule is C#Cc1cccc(Nc2nc(NCc3ccccc3)nc3cc(C)c(C)cc23)c1.C#Cc1cccc(Nc2nc(Nc3ccc(Oc4ccccc4)cc3)nc3cc(C)c(C)cc23)c1. The second-order valence-electron chi connectivity index (χ2n) is 15.3. The molecule has 0 radical (unpaired) electrons. The Kier molecular flexibility index (Phi) is 12.7. The van der Waals surface area contributed by atoms with Crippen LogP contribution < -0.4 is 26.0 Å². The van der Waals surface area contributed by atoms with Crippen LogP contribution in [0.5, 0.6) is 11.5 Å². The molecular weight excluding hydrogens is 789 g/mol. The zero-order chi connectivity index (χ0) is 44.4. The summed E-state index contributed by atoms with van der Waals surface area (Å²) in [5, 5.41) is 15.4. The summed E-state index contributed by atoms with van der Waals surface area (Å²) in [7, 11) is 0. The topological polar surface area (TPSA) is 109 Å². The average Bonchev–Trinajstić information content (AvgIpc) is 3.31. The Morgan fingerprint density at radius 1 is 0.453 bits per heavy atom. The zero-order valence-corrected chi connectivity index (χ0v) is 36.1. The lowest BCUT2D eigenvalue weighted by molar-refractivity contribution is 0.483. The van der Waals surface area contributed by atoms with E-state index >= 15 is 0 Å². The number of terminal acetylenes is 2. The molecule has 0 aliphatic heterocycles. The molecule has 0 unspecified atom stereocenters. The average molecular weight is 835 g/mol. The summed E-state index contributed by atoms with van der Waals surface area (Å²) in [4.78, 5) is 19.1. The van der Waals surface area contributed by atoms with Crippen molar-refractivity contribution < 1.29 is 4.74 Å². The second kappa shape index (κ2) is 19.4. The molecule has 2 aromatic heterocycles.